The molecule has 0 aliphatic heterocycles. The van der Waals surface area contributed by atoms with Gasteiger partial charge in [-0.15, -0.1) is 0 Å². The molecule has 0 aliphatic carbocycles. The second-order valence-electron chi connectivity index (χ2n) is 2.00. The van der Waals surface area contributed by atoms with Crippen molar-refractivity contribution in [2.24, 2.45) is 5.16 Å². The standard InChI is InChI=1S/C6H7BrN4O/c1-4-8-2-5(7)6(11-4)9-3-10-12/h2-3,12H,1H3,(H,8,9,10,11). The Hall–Kier alpha value is -1.17. The fourth-order valence-corrected chi connectivity index (χ4v) is 0.952. The highest BCUT2D eigenvalue weighted by Gasteiger charge is 1.99. The number of anilines is 1. The van der Waals surface area contributed by atoms with Crippen LogP contribution in [0.2, 0.25) is 0 Å². The van der Waals surface area contributed by atoms with E-state index in [4.69, 9.17) is 5.21 Å². The van der Waals surface area contributed by atoms with Gasteiger partial charge in [-0.25, -0.2) is 9.97 Å². The van der Waals surface area contributed by atoms with Gasteiger partial charge in [0.05, 0.1) is 4.47 Å². The first-order valence-electron chi connectivity index (χ1n) is 3.15. The molecule has 1 rings (SSSR count). The van der Waals surface area contributed by atoms with E-state index in [-0.39, 0.29) is 0 Å². The van der Waals surface area contributed by atoms with Crippen molar-refractivity contribution in [1.82, 2.24) is 9.97 Å². The lowest BCUT2D eigenvalue weighted by Gasteiger charge is -2.01. The molecule has 0 fully saturated rings. The largest absolute Gasteiger partial charge is 0.410 e. The number of rotatable bonds is 2. The average molecular weight is 231 g/mol. The normalized spacial score (nSPS) is 10.5. The first-order valence-corrected chi connectivity index (χ1v) is 3.95. The molecule has 0 saturated heterocycles. The van der Waals surface area contributed by atoms with Crippen molar-refractivity contribution in [3.63, 3.8) is 0 Å². The van der Waals surface area contributed by atoms with Gasteiger partial charge in [0.25, 0.3) is 0 Å². The third kappa shape index (κ3) is 2.16. The maximum atomic E-state index is 8.14. The molecule has 1 heterocycles. The van der Waals surface area contributed by atoms with Crippen molar-refractivity contribution in [2.45, 2.75) is 6.92 Å². The van der Waals surface area contributed by atoms with Crippen LogP contribution in [0.5, 0.6) is 0 Å². The van der Waals surface area contributed by atoms with Crippen molar-refractivity contribution in [3.05, 3.63) is 16.5 Å². The number of aryl methyl sites for hydroxylation is 1. The molecule has 0 saturated carbocycles. The molecule has 0 unspecified atom stereocenters. The van der Waals surface area contributed by atoms with Gasteiger partial charge in [0.1, 0.15) is 18.0 Å². The summed E-state index contributed by atoms with van der Waals surface area (Å²) < 4.78 is 0.716. The predicted molar refractivity (Wildman–Crippen MR) is 48.4 cm³/mol. The van der Waals surface area contributed by atoms with Gasteiger partial charge >= 0.3 is 0 Å². The Morgan fingerprint density at radius 1 is 1.75 bits per heavy atom. The van der Waals surface area contributed by atoms with Gasteiger partial charge in [-0.2, -0.15) is 0 Å². The summed E-state index contributed by atoms with van der Waals surface area (Å²) in [5.74, 6) is 1.22. The van der Waals surface area contributed by atoms with Crippen LogP contribution in [0.3, 0.4) is 0 Å². The summed E-state index contributed by atoms with van der Waals surface area (Å²) in [5, 5.41) is 13.6. The fraction of sp³-hybridized carbons (Fsp3) is 0.167. The maximum absolute atomic E-state index is 8.14. The quantitative estimate of drug-likeness (QED) is 0.349. The molecule has 6 heteroatoms. The molecule has 1 aromatic rings. The molecule has 5 nitrogen and oxygen atoms in total. The van der Waals surface area contributed by atoms with Crippen molar-refractivity contribution >= 4 is 28.1 Å². The minimum atomic E-state index is 0.570. The lowest BCUT2D eigenvalue weighted by atomic mass is 10.5. The Morgan fingerprint density at radius 3 is 3.17 bits per heavy atom. The first-order chi connectivity index (χ1) is 5.74. The van der Waals surface area contributed by atoms with Crippen LogP contribution in [-0.4, -0.2) is 21.5 Å². The number of hydrogen-bond donors (Lipinski definition) is 2. The van der Waals surface area contributed by atoms with Crippen LogP contribution in [-0.2, 0) is 0 Å². The summed E-state index contributed by atoms with van der Waals surface area (Å²) in [6.07, 6.45) is 2.75. The minimum absolute atomic E-state index is 0.570. The topological polar surface area (TPSA) is 70.4 Å². The zero-order chi connectivity index (χ0) is 8.97. The third-order valence-electron chi connectivity index (χ3n) is 1.12. The van der Waals surface area contributed by atoms with E-state index in [0.29, 0.717) is 16.1 Å². The van der Waals surface area contributed by atoms with Gasteiger partial charge < -0.3 is 10.5 Å². The molecule has 2 N–H and O–H groups in total. The van der Waals surface area contributed by atoms with E-state index in [1.165, 1.54) is 0 Å². The highest BCUT2D eigenvalue weighted by atomic mass is 79.9. The number of oxime groups is 1. The van der Waals surface area contributed by atoms with Gasteiger partial charge in [0, 0.05) is 6.20 Å². The van der Waals surface area contributed by atoms with Crippen LogP contribution in [0, 0.1) is 6.92 Å². The maximum Gasteiger partial charge on any atom is 0.149 e. The van der Waals surface area contributed by atoms with E-state index in [1.54, 1.807) is 13.1 Å². The van der Waals surface area contributed by atoms with Crippen LogP contribution in [0.4, 0.5) is 5.82 Å². The smallest absolute Gasteiger partial charge is 0.149 e. The molecule has 1 aromatic heterocycles. The second-order valence-corrected chi connectivity index (χ2v) is 2.86. The SMILES string of the molecule is Cc1ncc(Br)c(N/C=N/O)n1. The van der Waals surface area contributed by atoms with Crippen LogP contribution in [0.25, 0.3) is 0 Å². The summed E-state index contributed by atoms with van der Waals surface area (Å²) in [4.78, 5) is 7.98. The van der Waals surface area contributed by atoms with Crippen LogP contribution >= 0.6 is 15.9 Å². The summed E-state index contributed by atoms with van der Waals surface area (Å²) in [6.45, 7) is 1.77. The van der Waals surface area contributed by atoms with Crippen molar-refractivity contribution in [1.29, 1.82) is 0 Å². The zero-order valence-corrected chi connectivity index (χ0v) is 7.91. The number of aromatic nitrogens is 2. The number of halogens is 1. The van der Waals surface area contributed by atoms with Crippen LogP contribution < -0.4 is 5.32 Å². The fourth-order valence-electron chi connectivity index (χ4n) is 0.647. The summed E-state index contributed by atoms with van der Waals surface area (Å²) >= 11 is 3.23. The summed E-state index contributed by atoms with van der Waals surface area (Å²) in [5.41, 5.74) is 0. The van der Waals surface area contributed by atoms with Crippen molar-refractivity contribution in [3.8, 4) is 0 Å². The van der Waals surface area contributed by atoms with E-state index < -0.39 is 0 Å². The second kappa shape index (κ2) is 4.01. The molecule has 0 radical (unpaired) electrons. The lowest BCUT2D eigenvalue weighted by molar-refractivity contribution is 0.321. The minimum Gasteiger partial charge on any atom is -0.410 e. The Labute approximate surface area is 77.7 Å². The molecule has 0 amide bonds. The molecular weight excluding hydrogens is 224 g/mol. The lowest BCUT2D eigenvalue weighted by Crippen LogP contribution is -2.00. The molecule has 0 atom stereocenters. The van der Waals surface area contributed by atoms with Gasteiger partial charge in [0.15, 0.2) is 0 Å². The molecule has 12 heavy (non-hydrogen) atoms. The molecule has 64 valence electrons. The number of hydrogen-bond acceptors (Lipinski definition) is 4. The third-order valence-corrected chi connectivity index (χ3v) is 1.70. The van der Waals surface area contributed by atoms with Crippen molar-refractivity contribution in [2.75, 3.05) is 5.32 Å². The Bertz CT molecular complexity index is 302. The monoisotopic (exact) mass is 230 g/mol. The average Bonchev–Trinajstić information content (AvgIpc) is 2.07. The van der Waals surface area contributed by atoms with Gasteiger partial charge in [-0.1, -0.05) is 5.16 Å². The van der Waals surface area contributed by atoms with Crippen LogP contribution in [0.1, 0.15) is 5.82 Å². The summed E-state index contributed by atoms with van der Waals surface area (Å²) in [6, 6.07) is 0. The Morgan fingerprint density at radius 2 is 2.50 bits per heavy atom. The first kappa shape index (κ1) is 8.92. The number of nitrogens with zero attached hydrogens (tertiary/aromatic N) is 3. The van der Waals surface area contributed by atoms with E-state index in [9.17, 15) is 0 Å². The predicted octanol–water partition coefficient (Wildman–Crippen LogP) is 1.38. The van der Waals surface area contributed by atoms with Gasteiger partial charge in [0.2, 0.25) is 0 Å². The molecule has 0 aromatic carbocycles. The van der Waals surface area contributed by atoms with E-state index in [0.717, 1.165) is 6.34 Å². The highest BCUT2D eigenvalue weighted by molar-refractivity contribution is 9.10. The van der Waals surface area contributed by atoms with Gasteiger partial charge in [-0.05, 0) is 22.9 Å². The number of nitrogens with one attached hydrogen (secondary N) is 1. The van der Waals surface area contributed by atoms with Crippen LogP contribution in [0.15, 0.2) is 15.8 Å². The van der Waals surface area contributed by atoms with Crippen molar-refractivity contribution < 1.29 is 5.21 Å². The molecular formula is C6H7BrN4O. The molecule has 0 aliphatic rings. The zero-order valence-electron chi connectivity index (χ0n) is 6.32. The highest BCUT2D eigenvalue weighted by Crippen LogP contribution is 2.17. The van der Waals surface area contributed by atoms with Gasteiger partial charge in [-0.3, -0.25) is 0 Å². The Kier molecular flexibility index (Phi) is 2.98. The Balaban J connectivity index is 2.89. The summed E-state index contributed by atoms with van der Waals surface area (Å²) in [7, 11) is 0. The van der Waals surface area contributed by atoms with E-state index >= 15 is 0 Å². The molecule has 0 spiro atoms. The van der Waals surface area contributed by atoms with E-state index in [2.05, 4.69) is 36.4 Å². The molecule has 0 bridgehead atoms. The van der Waals surface area contributed by atoms with E-state index in [1.807, 2.05) is 0 Å².